The number of hydrogen-bond donors (Lipinski definition) is 8. The van der Waals surface area contributed by atoms with Gasteiger partial charge in [-0.05, 0) is 385 Å². The molecular formula is C119H170O12S5. The quantitative estimate of drug-likeness (QED) is 0.0306. The van der Waals surface area contributed by atoms with E-state index in [2.05, 4.69) is 199 Å². The molecule has 0 heterocycles. The van der Waals surface area contributed by atoms with Gasteiger partial charge in [0.15, 0.2) is 9.84 Å². The number of benzene rings is 4. The first-order valence-electron chi connectivity index (χ1n) is 51.5. The molecule has 0 spiro atoms. The van der Waals surface area contributed by atoms with Crippen molar-refractivity contribution in [2.45, 2.75) is 351 Å². The molecule has 12 saturated carbocycles. The summed E-state index contributed by atoms with van der Waals surface area (Å²) in [5.41, 5.74) is 16.7. The Labute approximate surface area is 836 Å². The lowest BCUT2D eigenvalue weighted by atomic mass is 9.61. The van der Waals surface area contributed by atoms with Crippen LogP contribution < -0.4 is 0 Å². The molecule has 0 aromatic heterocycles. The summed E-state index contributed by atoms with van der Waals surface area (Å²) in [5.74, 6) is 10.1. The van der Waals surface area contributed by atoms with Crippen LogP contribution in [0.2, 0.25) is 0 Å². The van der Waals surface area contributed by atoms with E-state index in [1.54, 1.807) is 29.8 Å². The topological polar surface area (TPSA) is 230 Å². The highest BCUT2D eigenvalue weighted by Gasteiger charge is 2.55. The number of thioether (sulfide) groups is 1. The molecule has 12 aliphatic rings. The van der Waals surface area contributed by atoms with E-state index in [0.29, 0.717) is 138 Å². The summed E-state index contributed by atoms with van der Waals surface area (Å²) in [7, 11) is -5.10. The van der Waals surface area contributed by atoms with E-state index in [-0.39, 0.29) is 32.1 Å². The van der Waals surface area contributed by atoms with Gasteiger partial charge in [-0.15, -0.1) is 11.8 Å². The fourth-order valence-corrected chi connectivity index (χ4v) is 32.8. The second kappa shape index (κ2) is 49.6. The van der Waals surface area contributed by atoms with E-state index in [0.717, 1.165) is 129 Å². The second-order valence-corrected chi connectivity index (χ2v) is 50.7. The van der Waals surface area contributed by atoms with Crippen LogP contribution in [0.1, 0.15) is 279 Å². The lowest BCUT2D eigenvalue weighted by Gasteiger charge is -2.44. The van der Waals surface area contributed by atoms with Crippen molar-refractivity contribution in [3.63, 3.8) is 0 Å². The number of hydrogen-bond acceptors (Lipinski definition) is 13. The van der Waals surface area contributed by atoms with Crippen molar-refractivity contribution in [2.75, 3.05) is 23.0 Å². The molecule has 16 rings (SSSR count). The van der Waals surface area contributed by atoms with Gasteiger partial charge in [-0.2, -0.15) is 13.5 Å². The van der Waals surface area contributed by atoms with Crippen LogP contribution >= 0.6 is 25.3 Å². The van der Waals surface area contributed by atoms with Crippen molar-refractivity contribution in [2.24, 2.45) is 92.7 Å². The number of fused-ring (bicyclic) bond motifs is 4. The lowest BCUT2D eigenvalue weighted by molar-refractivity contribution is 0.0855. The van der Waals surface area contributed by atoms with Gasteiger partial charge in [-0.3, -0.25) is 8.42 Å². The molecule has 748 valence electrons. The fraction of sp³-hybridized carbons (Fsp3) is 0.597. The third-order valence-corrected chi connectivity index (χ3v) is 41.2. The summed E-state index contributed by atoms with van der Waals surface area (Å²) in [6.45, 7) is 39.8. The van der Waals surface area contributed by atoms with Crippen molar-refractivity contribution in [3.05, 3.63) is 262 Å². The minimum atomic E-state index is -3.25. The smallest absolute Gasteiger partial charge is 0.178 e. The van der Waals surface area contributed by atoms with Crippen LogP contribution in [-0.2, 0) is 31.4 Å². The maximum Gasteiger partial charge on any atom is 0.178 e. The average Bonchev–Trinajstić information content (AvgIpc) is 1.62. The monoisotopic (exact) mass is 1950 g/mol. The minimum absolute atomic E-state index is 0. The summed E-state index contributed by atoms with van der Waals surface area (Å²) in [4.78, 5) is 3.70. The molecule has 12 nitrogen and oxygen atoms in total. The average molecular weight is 1950 g/mol. The second-order valence-electron chi connectivity index (χ2n) is 44.2. The van der Waals surface area contributed by atoms with Crippen LogP contribution in [-0.4, -0.2) is 130 Å². The molecule has 0 saturated heterocycles. The van der Waals surface area contributed by atoms with Gasteiger partial charge in [0.05, 0.1) is 81.1 Å². The maximum absolute atomic E-state index is 12.9. The zero-order valence-electron chi connectivity index (χ0n) is 83.2. The van der Waals surface area contributed by atoms with E-state index < -0.39 is 80.3 Å². The van der Waals surface area contributed by atoms with Crippen molar-refractivity contribution >= 4 is 56.7 Å². The Morgan fingerprint density at radius 3 is 0.956 bits per heavy atom. The van der Waals surface area contributed by atoms with Crippen molar-refractivity contribution in [1.82, 2.24) is 0 Å². The van der Waals surface area contributed by atoms with Gasteiger partial charge >= 0.3 is 0 Å². The van der Waals surface area contributed by atoms with Gasteiger partial charge in [-0.25, -0.2) is 8.42 Å². The first-order chi connectivity index (χ1) is 63.9. The molecule has 136 heavy (non-hydrogen) atoms. The highest BCUT2D eigenvalue weighted by atomic mass is 32.2. The van der Waals surface area contributed by atoms with Crippen LogP contribution in [0.5, 0.6) is 0 Å². The summed E-state index contributed by atoms with van der Waals surface area (Å²) >= 11 is 1.99. The number of allylic oxidation sites excluding steroid dienone is 12. The van der Waals surface area contributed by atoms with Gasteiger partial charge in [-0.1, -0.05) is 232 Å². The normalized spacial score (nSPS) is 35.4. The highest BCUT2D eigenvalue weighted by Crippen LogP contribution is 2.64. The Morgan fingerprint density at radius 2 is 0.662 bits per heavy atom. The molecule has 0 bridgehead atoms. The predicted molar refractivity (Wildman–Crippen MR) is 572 cm³/mol. The molecule has 8 N–H and O–H groups in total. The largest absolute Gasteiger partial charge is 0.393 e. The van der Waals surface area contributed by atoms with Crippen LogP contribution in [0, 0.1) is 107 Å². The van der Waals surface area contributed by atoms with Gasteiger partial charge in [0.1, 0.15) is 0 Å². The standard InChI is InChI=1S/2C30H42O3S.C29H40O4S.C29H40O2S.CH4.H2S/c2*1-20-7-11-26(12-8-20)34(33)17-15-21(2)27-13-14-28-23(6-5-16-30(27,28)4)9-10-24-18-25(31)19-29(32)22(24)3;1-20(15-17-34(32,33)25-9-5-4-6-10-25)26-13-14-27-22(8-7-16-29(26,27)3)11-12-23-18-24(30)19-28(31)21(23)2;1-20(15-17-32-25-9-5-4-6-10-25)26-13-14-27-22(8-7-16-29(26,27)3)11-12-23-18-24(30)19-28(31)21(23)2;;/h2*7-12,21,25,27-29,31-32H,3,5-6,13-19H2,1-2,4H3;4-6,9-12,20,24,26-28,30-31H,2,7-8,13-19H2,1,3H3;4-6,9-12,20,24,26-28,30-31H,2,7-8,13-19H2,1,3H3;1H4;1H2/b2*23-9+,24-10-;2*22-11+,23-12-;;/t2*21-,25+,27-,28+,29-,30-,34?;20-,24-,26-,27+,28+,29-;20-,24+,26-,27+,28-,29-;;/m1111../s1. The lowest BCUT2D eigenvalue weighted by Crippen LogP contribution is -2.36. The molecule has 17 heteroatoms. The van der Waals surface area contributed by atoms with Crippen LogP contribution in [0.15, 0.2) is 271 Å². The molecule has 4 aromatic carbocycles. The SMILES string of the molecule is C.C=C1/C(=C\C=C2/CCC[C@]3(C)[C@@H]([C@H](C)CCS(=O)(=O)c4ccccc4)CC[C@@H]23)C[C@@H](O)C[C@@H]1O.C=C1/C(=C\C=C2/CCC[C@]3(C)[C@@H]([C@H](C)CCS(=O)c4ccc(C)cc4)CC[C@@H]23)C[C@H](O)C[C@H]1O.C=C1/C(=C\C=C2/CCC[C@]3(C)[C@@H]([C@H](C)CCS(=O)c4ccc(C)cc4)CC[C@@H]23)C[C@H](O)C[C@H]1O.C=C1/C(=C\C=C2/CCC[C@]3(C)[C@@H]([C@H](C)CCSc4ccccc4)CC[C@@H]23)C[C@H](O)C[C@H]1O.S. The van der Waals surface area contributed by atoms with Crippen molar-refractivity contribution in [3.8, 4) is 0 Å². The minimum Gasteiger partial charge on any atom is -0.393 e. The Morgan fingerprint density at radius 1 is 0.390 bits per heavy atom. The van der Waals surface area contributed by atoms with Crippen LogP contribution in [0.25, 0.3) is 0 Å². The first kappa shape index (κ1) is 111. The first-order valence-corrected chi connectivity index (χ1v) is 56.8. The number of aliphatic hydroxyl groups is 8. The summed E-state index contributed by atoms with van der Waals surface area (Å²) < 4.78 is 51.3. The Kier molecular flexibility index (Phi) is 40.4. The van der Waals surface area contributed by atoms with Crippen molar-refractivity contribution in [1.29, 1.82) is 0 Å². The highest BCUT2D eigenvalue weighted by molar-refractivity contribution is 7.99. The Balaban J connectivity index is 0.000000173. The molecule has 0 amide bonds. The van der Waals surface area contributed by atoms with Crippen LogP contribution in [0.4, 0.5) is 0 Å². The number of aryl methyl sites for hydroxylation is 2. The van der Waals surface area contributed by atoms with Crippen LogP contribution in [0.3, 0.4) is 0 Å². The van der Waals surface area contributed by atoms with Gasteiger partial charge < -0.3 is 40.9 Å². The van der Waals surface area contributed by atoms with E-state index in [1.807, 2.05) is 42.1 Å². The zero-order valence-corrected chi connectivity index (χ0v) is 87.5. The number of aliphatic hydroxyl groups excluding tert-OH is 8. The predicted octanol–water partition coefficient (Wildman–Crippen LogP) is 25.9. The summed E-state index contributed by atoms with van der Waals surface area (Å²) in [5, 5.41) is 81.0. The third-order valence-electron chi connectivity index (χ3n) is 35.6. The number of rotatable bonds is 24. The van der Waals surface area contributed by atoms with Gasteiger partial charge in [0.2, 0.25) is 0 Å². The number of sulfone groups is 1. The molecular weight excluding hydrogens is 1780 g/mol. The van der Waals surface area contributed by atoms with E-state index in [9.17, 15) is 57.7 Å². The molecule has 12 aliphatic carbocycles. The zero-order chi connectivity index (χ0) is 96.1. The fourth-order valence-electron chi connectivity index (χ4n) is 27.7. The molecule has 12 fully saturated rings. The van der Waals surface area contributed by atoms with Gasteiger partial charge in [0, 0.05) is 51.9 Å². The maximum atomic E-state index is 12.9. The van der Waals surface area contributed by atoms with E-state index >= 15 is 0 Å². The molecule has 4 aromatic rings. The van der Waals surface area contributed by atoms with E-state index in [4.69, 9.17) is 0 Å². The molecule has 26 atom stereocenters. The Bertz CT molecular complexity index is 4970. The van der Waals surface area contributed by atoms with Gasteiger partial charge in [0.25, 0.3) is 0 Å². The summed E-state index contributed by atoms with van der Waals surface area (Å²) in [6.07, 6.45) is 45.4. The van der Waals surface area contributed by atoms with Crippen molar-refractivity contribution < 1.29 is 57.7 Å². The molecule has 0 radical (unpaired) electrons. The Hall–Kier alpha value is -5.61. The van der Waals surface area contributed by atoms with E-state index in [1.165, 1.54) is 135 Å². The molecule has 2 unspecified atom stereocenters. The summed E-state index contributed by atoms with van der Waals surface area (Å²) in [6, 6.07) is 35.8. The third kappa shape index (κ3) is 26.9. The molecule has 0 aliphatic heterocycles.